The monoisotopic (exact) mass is 195 g/mol. The fraction of sp³-hybridized carbons (Fsp3) is 0.846. The quantitative estimate of drug-likeness (QED) is 0.681. The maximum absolute atomic E-state index is 6.21. The summed E-state index contributed by atoms with van der Waals surface area (Å²) in [5.74, 6) is 0.787. The predicted molar refractivity (Wildman–Crippen MR) is 63.2 cm³/mol. The second-order valence-electron chi connectivity index (χ2n) is 4.64. The summed E-state index contributed by atoms with van der Waals surface area (Å²) in [7, 11) is 0. The Hall–Kier alpha value is -0.300. The third kappa shape index (κ3) is 4.28. The van der Waals surface area contributed by atoms with Gasteiger partial charge in [-0.05, 0) is 31.6 Å². The average Bonchev–Trinajstić information content (AvgIpc) is 2.13. The van der Waals surface area contributed by atoms with Crippen molar-refractivity contribution in [1.82, 2.24) is 0 Å². The molecular weight excluding hydrogens is 170 g/mol. The van der Waals surface area contributed by atoms with Gasteiger partial charge in [0.15, 0.2) is 0 Å². The molecule has 0 spiro atoms. The summed E-state index contributed by atoms with van der Waals surface area (Å²) in [5, 5.41) is 0. The van der Waals surface area contributed by atoms with Crippen LogP contribution in [0, 0.1) is 5.92 Å². The normalized spacial score (nSPS) is 22.4. The van der Waals surface area contributed by atoms with E-state index in [-0.39, 0.29) is 0 Å². The van der Waals surface area contributed by atoms with E-state index in [1.54, 1.807) is 0 Å². The molecule has 0 radical (unpaired) electrons. The van der Waals surface area contributed by atoms with Gasteiger partial charge >= 0.3 is 0 Å². The van der Waals surface area contributed by atoms with Gasteiger partial charge in [-0.25, -0.2) is 0 Å². The number of hydrogen-bond acceptors (Lipinski definition) is 1. The van der Waals surface area contributed by atoms with Crippen molar-refractivity contribution in [3.63, 3.8) is 0 Å². The summed E-state index contributed by atoms with van der Waals surface area (Å²) in [6.07, 6.45) is 14.0. The molecule has 1 aliphatic carbocycles. The maximum atomic E-state index is 6.21. The predicted octanol–water partition coefficient (Wildman–Crippen LogP) is 3.64. The van der Waals surface area contributed by atoms with Crippen LogP contribution in [0.4, 0.5) is 0 Å². The molecule has 1 nitrogen and oxygen atoms in total. The summed E-state index contributed by atoms with van der Waals surface area (Å²) < 4.78 is 0. The Morgan fingerprint density at radius 2 is 1.71 bits per heavy atom. The average molecular weight is 195 g/mol. The molecule has 1 aliphatic rings. The molecule has 1 rings (SSSR count). The van der Waals surface area contributed by atoms with Gasteiger partial charge in [0.2, 0.25) is 0 Å². The molecule has 0 aromatic carbocycles. The molecule has 2 N–H and O–H groups in total. The Morgan fingerprint density at radius 1 is 1.14 bits per heavy atom. The van der Waals surface area contributed by atoms with Crippen molar-refractivity contribution < 1.29 is 0 Å². The third-order valence-corrected chi connectivity index (χ3v) is 3.46. The Balaban J connectivity index is 2.27. The first kappa shape index (κ1) is 11.8. The summed E-state index contributed by atoms with van der Waals surface area (Å²) in [5.41, 5.74) is 6.21. The number of hydrogen-bond donors (Lipinski definition) is 1. The van der Waals surface area contributed by atoms with Gasteiger partial charge in [0.1, 0.15) is 0 Å². The van der Waals surface area contributed by atoms with E-state index in [2.05, 4.69) is 6.58 Å². The zero-order valence-corrected chi connectivity index (χ0v) is 9.38. The number of nitrogens with two attached hydrogens (primary N) is 1. The van der Waals surface area contributed by atoms with Crippen LogP contribution >= 0.6 is 0 Å². The van der Waals surface area contributed by atoms with E-state index in [0.717, 1.165) is 18.8 Å². The SMILES string of the molecule is C=CCCC(N)C1CCCCCCC1. The molecular formula is C13H25N. The molecule has 1 atom stereocenters. The zero-order valence-electron chi connectivity index (χ0n) is 9.38. The van der Waals surface area contributed by atoms with Crippen molar-refractivity contribution in [3.05, 3.63) is 12.7 Å². The zero-order chi connectivity index (χ0) is 10.2. The first-order valence-electron chi connectivity index (χ1n) is 6.21. The molecule has 1 saturated carbocycles. The van der Waals surface area contributed by atoms with Crippen molar-refractivity contribution in [3.8, 4) is 0 Å². The Labute approximate surface area is 88.8 Å². The summed E-state index contributed by atoms with van der Waals surface area (Å²) in [4.78, 5) is 0. The van der Waals surface area contributed by atoms with Gasteiger partial charge in [0, 0.05) is 6.04 Å². The van der Waals surface area contributed by atoms with Crippen molar-refractivity contribution >= 4 is 0 Å². The van der Waals surface area contributed by atoms with Crippen LogP contribution in [0.3, 0.4) is 0 Å². The summed E-state index contributed by atoms with van der Waals surface area (Å²) in [6.45, 7) is 3.76. The molecule has 0 heterocycles. The summed E-state index contributed by atoms with van der Waals surface area (Å²) in [6, 6.07) is 0.422. The van der Waals surface area contributed by atoms with E-state index >= 15 is 0 Å². The van der Waals surface area contributed by atoms with Crippen LogP contribution in [0.25, 0.3) is 0 Å². The van der Waals surface area contributed by atoms with Crippen LogP contribution in [-0.4, -0.2) is 6.04 Å². The lowest BCUT2D eigenvalue weighted by atomic mass is 9.84. The van der Waals surface area contributed by atoms with Crippen molar-refractivity contribution in [2.75, 3.05) is 0 Å². The van der Waals surface area contributed by atoms with Gasteiger partial charge in [0.05, 0.1) is 0 Å². The molecule has 82 valence electrons. The topological polar surface area (TPSA) is 26.0 Å². The van der Waals surface area contributed by atoms with Crippen LogP contribution in [0.5, 0.6) is 0 Å². The largest absolute Gasteiger partial charge is 0.327 e. The van der Waals surface area contributed by atoms with Crippen LogP contribution in [0.15, 0.2) is 12.7 Å². The molecule has 0 aromatic heterocycles. The molecule has 0 bridgehead atoms. The number of rotatable bonds is 4. The highest BCUT2D eigenvalue weighted by atomic mass is 14.6. The van der Waals surface area contributed by atoms with E-state index in [1.807, 2.05) is 6.08 Å². The maximum Gasteiger partial charge on any atom is 0.00701 e. The molecule has 14 heavy (non-hydrogen) atoms. The molecule has 1 unspecified atom stereocenters. The minimum atomic E-state index is 0.422. The molecule has 1 fully saturated rings. The van der Waals surface area contributed by atoms with Gasteiger partial charge < -0.3 is 5.73 Å². The molecule has 0 aromatic rings. The fourth-order valence-electron chi connectivity index (χ4n) is 2.46. The third-order valence-electron chi connectivity index (χ3n) is 3.46. The van der Waals surface area contributed by atoms with E-state index in [9.17, 15) is 0 Å². The second kappa shape index (κ2) is 7.05. The van der Waals surface area contributed by atoms with E-state index in [0.29, 0.717) is 6.04 Å². The van der Waals surface area contributed by atoms with Crippen LogP contribution < -0.4 is 5.73 Å². The highest BCUT2D eigenvalue weighted by molar-refractivity contribution is 4.78. The smallest absolute Gasteiger partial charge is 0.00701 e. The molecule has 0 aliphatic heterocycles. The lowest BCUT2D eigenvalue weighted by Gasteiger charge is -2.25. The minimum Gasteiger partial charge on any atom is -0.327 e. The van der Waals surface area contributed by atoms with E-state index in [4.69, 9.17) is 5.73 Å². The highest BCUT2D eigenvalue weighted by Crippen LogP contribution is 2.25. The van der Waals surface area contributed by atoms with Crippen molar-refractivity contribution in [2.45, 2.75) is 63.8 Å². The Kier molecular flexibility index (Phi) is 5.93. The number of allylic oxidation sites excluding steroid dienone is 1. The van der Waals surface area contributed by atoms with Gasteiger partial charge in [-0.3, -0.25) is 0 Å². The highest BCUT2D eigenvalue weighted by Gasteiger charge is 2.17. The van der Waals surface area contributed by atoms with Crippen LogP contribution in [0.1, 0.15) is 57.8 Å². The van der Waals surface area contributed by atoms with Crippen molar-refractivity contribution in [2.24, 2.45) is 11.7 Å². The second-order valence-corrected chi connectivity index (χ2v) is 4.64. The first-order valence-corrected chi connectivity index (χ1v) is 6.21. The van der Waals surface area contributed by atoms with Crippen LogP contribution in [-0.2, 0) is 0 Å². The molecule has 1 heteroatoms. The van der Waals surface area contributed by atoms with Crippen molar-refractivity contribution in [1.29, 1.82) is 0 Å². The van der Waals surface area contributed by atoms with E-state index in [1.165, 1.54) is 44.9 Å². The van der Waals surface area contributed by atoms with Gasteiger partial charge in [-0.15, -0.1) is 6.58 Å². The van der Waals surface area contributed by atoms with Crippen LogP contribution in [0.2, 0.25) is 0 Å². The van der Waals surface area contributed by atoms with Gasteiger partial charge in [-0.1, -0.05) is 38.2 Å². The van der Waals surface area contributed by atoms with E-state index < -0.39 is 0 Å². The lowest BCUT2D eigenvalue weighted by molar-refractivity contribution is 0.314. The fourth-order valence-corrected chi connectivity index (χ4v) is 2.46. The Morgan fingerprint density at radius 3 is 2.29 bits per heavy atom. The molecule has 0 saturated heterocycles. The first-order chi connectivity index (χ1) is 6.84. The summed E-state index contributed by atoms with van der Waals surface area (Å²) >= 11 is 0. The van der Waals surface area contributed by atoms with Gasteiger partial charge in [-0.2, -0.15) is 0 Å². The Bertz CT molecular complexity index is 145. The minimum absolute atomic E-state index is 0.422. The molecule has 0 amide bonds. The van der Waals surface area contributed by atoms with Gasteiger partial charge in [0.25, 0.3) is 0 Å². The lowest BCUT2D eigenvalue weighted by Crippen LogP contribution is -2.30. The standard InChI is InChI=1S/C13H25N/c1-2-3-11-13(14)12-9-7-5-4-6-8-10-12/h2,12-13H,1,3-11,14H2.